The fourth-order valence-corrected chi connectivity index (χ4v) is 4.55. The van der Waals surface area contributed by atoms with Crippen LogP contribution in [0.4, 0.5) is 0 Å². The molecule has 0 spiro atoms. The van der Waals surface area contributed by atoms with Crippen LogP contribution in [0.15, 0.2) is 29.1 Å². The third kappa shape index (κ3) is 3.57. The number of ether oxygens (including phenoxy) is 1. The summed E-state index contributed by atoms with van der Waals surface area (Å²) in [7, 11) is 0. The molecule has 8 heteroatoms. The lowest BCUT2D eigenvalue weighted by atomic mass is 9.97. The number of thiophene rings is 1. The van der Waals surface area contributed by atoms with E-state index in [1.165, 1.54) is 33.7 Å². The Balaban J connectivity index is 1.41. The first kappa shape index (κ1) is 17.7. The molecule has 1 aromatic carbocycles. The highest BCUT2D eigenvalue weighted by Gasteiger charge is 2.20. The molecular weight excluding hydrogens is 366 g/mol. The average Bonchev–Trinajstić information content (AvgIpc) is 3.06. The molecule has 4 rings (SSSR count). The van der Waals surface area contributed by atoms with Crippen molar-refractivity contribution >= 4 is 27.5 Å². The summed E-state index contributed by atoms with van der Waals surface area (Å²) in [6, 6.07) is 6.25. The quantitative estimate of drug-likeness (QED) is 0.656. The lowest BCUT2D eigenvalue weighted by molar-refractivity contribution is 0.0697. The summed E-state index contributed by atoms with van der Waals surface area (Å²) in [4.78, 5) is 25.7. The van der Waals surface area contributed by atoms with Crippen molar-refractivity contribution in [1.29, 1.82) is 0 Å². The Kier molecular flexibility index (Phi) is 4.89. The second-order valence-electron chi connectivity index (χ2n) is 6.54. The number of hydrogen-bond donors (Lipinski definition) is 1. The van der Waals surface area contributed by atoms with Gasteiger partial charge < -0.3 is 9.84 Å². The van der Waals surface area contributed by atoms with Crippen LogP contribution >= 0.6 is 11.3 Å². The summed E-state index contributed by atoms with van der Waals surface area (Å²) < 4.78 is 7.03. The van der Waals surface area contributed by atoms with Crippen molar-refractivity contribution in [2.45, 2.75) is 38.6 Å². The third-order valence-electron chi connectivity index (χ3n) is 4.73. The molecule has 0 fully saturated rings. The fourth-order valence-electron chi connectivity index (χ4n) is 3.35. The SMILES string of the molecule is O=C(O)c1ccc(OCCCn2nnc3sc4c(c3c2=O)CCCC4)cc1. The molecule has 1 N–H and O–H groups in total. The molecule has 0 saturated carbocycles. The van der Waals surface area contributed by atoms with Gasteiger partial charge in [-0.1, -0.05) is 5.21 Å². The molecular formula is C19H19N3O4S. The van der Waals surface area contributed by atoms with Crippen LogP contribution in [-0.4, -0.2) is 32.7 Å². The maximum absolute atomic E-state index is 12.8. The van der Waals surface area contributed by atoms with E-state index >= 15 is 0 Å². The number of aromatic carboxylic acids is 1. The van der Waals surface area contributed by atoms with Crippen molar-refractivity contribution in [1.82, 2.24) is 15.0 Å². The molecule has 0 aliphatic heterocycles. The second-order valence-corrected chi connectivity index (χ2v) is 7.62. The third-order valence-corrected chi connectivity index (χ3v) is 5.90. The molecule has 0 bridgehead atoms. The lowest BCUT2D eigenvalue weighted by Crippen LogP contribution is -2.25. The number of carbonyl (C=O) groups is 1. The van der Waals surface area contributed by atoms with Crippen LogP contribution < -0.4 is 10.3 Å². The first-order chi connectivity index (χ1) is 13.1. The number of aromatic nitrogens is 3. The maximum Gasteiger partial charge on any atom is 0.335 e. The highest BCUT2D eigenvalue weighted by atomic mass is 32.1. The molecule has 0 amide bonds. The minimum Gasteiger partial charge on any atom is -0.494 e. The van der Waals surface area contributed by atoms with Crippen molar-refractivity contribution in [3.63, 3.8) is 0 Å². The van der Waals surface area contributed by atoms with Crippen LogP contribution in [0.25, 0.3) is 10.2 Å². The van der Waals surface area contributed by atoms with E-state index in [4.69, 9.17) is 9.84 Å². The number of hydrogen-bond acceptors (Lipinski definition) is 6. The molecule has 1 aliphatic rings. The number of nitrogens with zero attached hydrogens (tertiary/aromatic N) is 3. The summed E-state index contributed by atoms with van der Waals surface area (Å²) in [5.41, 5.74) is 1.33. The lowest BCUT2D eigenvalue weighted by Gasteiger charge is -2.10. The van der Waals surface area contributed by atoms with Gasteiger partial charge in [-0.15, -0.1) is 16.4 Å². The molecule has 0 unspecified atom stereocenters. The number of fused-ring (bicyclic) bond motifs is 3. The highest BCUT2D eigenvalue weighted by molar-refractivity contribution is 7.18. The smallest absolute Gasteiger partial charge is 0.335 e. The Morgan fingerprint density at radius 1 is 1.22 bits per heavy atom. The normalized spacial score (nSPS) is 13.5. The van der Waals surface area contributed by atoms with Gasteiger partial charge in [-0.3, -0.25) is 4.79 Å². The van der Waals surface area contributed by atoms with E-state index in [0.717, 1.165) is 29.5 Å². The number of benzene rings is 1. The van der Waals surface area contributed by atoms with Crippen LogP contribution in [0.2, 0.25) is 0 Å². The number of carboxylic acid groups (broad SMARTS) is 1. The number of rotatable bonds is 6. The van der Waals surface area contributed by atoms with Crippen molar-refractivity contribution < 1.29 is 14.6 Å². The predicted molar refractivity (Wildman–Crippen MR) is 102 cm³/mol. The summed E-state index contributed by atoms with van der Waals surface area (Å²) in [6.07, 6.45) is 4.88. The van der Waals surface area contributed by atoms with Gasteiger partial charge in [0.2, 0.25) is 0 Å². The fraction of sp³-hybridized carbons (Fsp3) is 0.368. The van der Waals surface area contributed by atoms with E-state index in [1.54, 1.807) is 23.5 Å². The van der Waals surface area contributed by atoms with Gasteiger partial charge in [0.15, 0.2) is 4.83 Å². The van der Waals surface area contributed by atoms with Gasteiger partial charge in [-0.25, -0.2) is 9.48 Å². The monoisotopic (exact) mass is 385 g/mol. The zero-order valence-electron chi connectivity index (χ0n) is 14.7. The molecule has 27 heavy (non-hydrogen) atoms. The van der Waals surface area contributed by atoms with Gasteiger partial charge in [-0.2, -0.15) is 0 Å². The van der Waals surface area contributed by atoms with Crippen LogP contribution in [0, 0.1) is 0 Å². The van der Waals surface area contributed by atoms with E-state index in [2.05, 4.69) is 10.3 Å². The topological polar surface area (TPSA) is 94.3 Å². The summed E-state index contributed by atoms with van der Waals surface area (Å²) in [5.74, 6) is -0.369. The van der Waals surface area contributed by atoms with Gasteiger partial charge in [0, 0.05) is 17.8 Å². The molecule has 140 valence electrons. The molecule has 1 aliphatic carbocycles. The molecule has 2 heterocycles. The highest BCUT2D eigenvalue weighted by Crippen LogP contribution is 2.33. The zero-order chi connectivity index (χ0) is 18.8. The number of carboxylic acids is 1. The molecule has 3 aromatic rings. The van der Waals surface area contributed by atoms with Gasteiger partial charge in [-0.05, 0) is 55.5 Å². The molecule has 7 nitrogen and oxygen atoms in total. The summed E-state index contributed by atoms with van der Waals surface area (Å²) >= 11 is 1.60. The summed E-state index contributed by atoms with van der Waals surface area (Å²) in [6.45, 7) is 0.833. The Hall–Kier alpha value is -2.74. The van der Waals surface area contributed by atoms with E-state index in [9.17, 15) is 9.59 Å². The van der Waals surface area contributed by atoms with Crippen LogP contribution in [0.5, 0.6) is 5.75 Å². The van der Waals surface area contributed by atoms with E-state index in [1.807, 2.05) is 0 Å². The first-order valence-electron chi connectivity index (χ1n) is 8.97. The molecule has 2 aromatic heterocycles. The minimum atomic E-state index is -0.967. The van der Waals surface area contributed by atoms with E-state index < -0.39 is 5.97 Å². The van der Waals surface area contributed by atoms with Gasteiger partial charge >= 0.3 is 5.97 Å². The van der Waals surface area contributed by atoms with Crippen molar-refractivity contribution in [2.24, 2.45) is 0 Å². The standard InChI is InChI=1S/C19H19N3O4S/c23-18-16-14-4-1-2-5-15(14)27-17(16)20-21-22(18)10-3-11-26-13-8-6-12(7-9-13)19(24)25/h6-9H,1-5,10-11H2,(H,24,25). The average molecular weight is 385 g/mol. The van der Waals surface area contributed by atoms with Gasteiger partial charge in [0.1, 0.15) is 5.75 Å². The molecule has 0 saturated heterocycles. The Morgan fingerprint density at radius 3 is 2.78 bits per heavy atom. The first-order valence-corrected chi connectivity index (χ1v) is 9.79. The Labute approximate surface area is 159 Å². The largest absolute Gasteiger partial charge is 0.494 e. The van der Waals surface area contributed by atoms with Crippen LogP contribution in [0.1, 0.15) is 40.1 Å². The minimum absolute atomic E-state index is 0.0646. The van der Waals surface area contributed by atoms with Crippen molar-refractivity contribution in [3.8, 4) is 5.75 Å². The Bertz CT molecular complexity index is 1040. The van der Waals surface area contributed by atoms with Crippen molar-refractivity contribution in [2.75, 3.05) is 6.61 Å². The predicted octanol–water partition coefficient (Wildman–Crippen LogP) is 2.90. The van der Waals surface area contributed by atoms with E-state index in [0.29, 0.717) is 25.3 Å². The van der Waals surface area contributed by atoms with E-state index in [-0.39, 0.29) is 11.1 Å². The number of aryl methyl sites for hydroxylation is 3. The zero-order valence-corrected chi connectivity index (χ0v) is 15.5. The maximum atomic E-state index is 12.8. The Morgan fingerprint density at radius 2 is 2.00 bits per heavy atom. The molecule has 0 atom stereocenters. The molecule has 0 radical (unpaired) electrons. The van der Waals surface area contributed by atoms with Crippen LogP contribution in [-0.2, 0) is 19.4 Å². The van der Waals surface area contributed by atoms with Gasteiger partial charge in [0.25, 0.3) is 5.56 Å². The van der Waals surface area contributed by atoms with Gasteiger partial charge in [0.05, 0.1) is 17.6 Å². The van der Waals surface area contributed by atoms with Crippen LogP contribution in [0.3, 0.4) is 0 Å². The summed E-state index contributed by atoms with van der Waals surface area (Å²) in [5, 5.41) is 17.9. The second kappa shape index (κ2) is 7.48. The van der Waals surface area contributed by atoms with Crippen molar-refractivity contribution in [3.05, 3.63) is 50.6 Å².